The highest BCUT2D eigenvalue weighted by Gasteiger charge is 2.39. The van der Waals surface area contributed by atoms with Crippen LogP contribution in [0, 0.1) is 0 Å². The normalized spacial score (nSPS) is 18.3. The van der Waals surface area contributed by atoms with Crippen molar-refractivity contribution < 1.29 is 14.3 Å². The topological polar surface area (TPSA) is 73.9 Å². The van der Waals surface area contributed by atoms with Gasteiger partial charge in [0.05, 0.1) is 17.9 Å². The lowest BCUT2D eigenvalue weighted by Crippen LogP contribution is -2.30. The molecule has 2 aromatic rings. The van der Waals surface area contributed by atoms with Crippen molar-refractivity contribution in [3.8, 4) is 11.5 Å². The van der Waals surface area contributed by atoms with Crippen LogP contribution in [0.2, 0.25) is 0 Å². The van der Waals surface area contributed by atoms with Gasteiger partial charge in [0, 0.05) is 28.7 Å². The number of amides is 1. The van der Waals surface area contributed by atoms with E-state index in [-0.39, 0.29) is 11.1 Å². The molecule has 0 fully saturated rings. The number of primary amides is 1. The molecule has 0 unspecified atom stereocenters. The van der Waals surface area contributed by atoms with Crippen molar-refractivity contribution in [1.29, 1.82) is 0 Å². The summed E-state index contributed by atoms with van der Waals surface area (Å²) in [5.74, 6) is 1.21. The van der Waals surface area contributed by atoms with Gasteiger partial charge in [-0.1, -0.05) is 12.1 Å². The molecule has 2 heterocycles. The van der Waals surface area contributed by atoms with Crippen LogP contribution >= 0.6 is 0 Å². The Bertz CT molecular complexity index is 1020. The zero-order chi connectivity index (χ0) is 21.0. The first-order valence-corrected chi connectivity index (χ1v) is 10.1. The molecule has 0 saturated carbocycles. The van der Waals surface area contributed by atoms with E-state index in [4.69, 9.17) is 20.2 Å². The van der Waals surface area contributed by atoms with Gasteiger partial charge in [0.1, 0.15) is 5.60 Å². The van der Waals surface area contributed by atoms with E-state index in [1.165, 1.54) is 5.56 Å². The number of hydrogen-bond donors (Lipinski definition) is 1. The zero-order valence-electron chi connectivity index (χ0n) is 17.8. The highest BCUT2D eigenvalue weighted by Crippen LogP contribution is 2.48. The largest absolute Gasteiger partial charge is 0.490 e. The molecule has 5 heteroatoms. The van der Waals surface area contributed by atoms with Crippen LogP contribution in [0.4, 0.5) is 0 Å². The molecule has 152 valence electrons. The zero-order valence-corrected chi connectivity index (χ0v) is 17.8. The molecular weight excluding hydrogens is 364 g/mol. The summed E-state index contributed by atoms with van der Waals surface area (Å²) in [6.45, 7) is 11.1. The molecule has 4 rings (SSSR count). The van der Waals surface area contributed by atoms with Gasteiger partial charge in [-0.05, 0) is 64.8 Å². The quantitative estimate of drug-likeness (QED) is 0.852. The van der Waals surface area contributed by atoms with Gasteiger partial charge in [0.15, 0.2) is 11.5 Å². The number of hydrogen-bond acceptors (Lipinski definition) is 4. The SMILES string of the molecule is CCOc1cc2c(c3c1OC(C)(C)C3)C(c1ccc(C(N)=O)cc1)=NC(C)(C)C2. The molecule has 0 saturated heterocycles. The van der Waals surface area contributed by atoms with Crippen LogP contribution in [0.3, 0.4) is 0 Å². The van der Waals surface area contributed by atoms with Crippen LogP contribution in [-0.2, 0) is 12.8 Å². The van der Waals surface area contributed by atoms with Crippen LogP contribution in [0.15, 0.2) is 35.3 Å². The Labute approximate surface area is 171 Å². The minimum absolute atomic E-state index is 0.239. The van der Waals surface area contributed by atoms with Crippen molar-refractivity contribution in [2.24, 2.45) is 10.7 Å². The third kappa shape index (κ3) is 3.50. The standard InChI is InChI=1S/C24H28N2O3/c1-6-28-18-11-16-12-23(2,3)26-20(14-7-9-15(10-8-14)22(25)27)19(16)17-13-24(4,5)29-21(17)18/h7-11H,6,12-13H2,1-5H3,(H2,25,27). The van der Waals surface area contributed by atoms with Crippen molar-refractivity contribution in [2.75, 3.05) is 6.61 Å². The molecule has 5 nitrogen and oxygen atoms in total. The Morgan fingerprint density at radius 2 is 1.86 bits per heavy atom. The third-order valence-electron chi connectivity index (χ3n) is 5.42. The fraction of sp³-hybridized carbons (Fsp3) is 0.417. The van der Waals surface area contributed by atoms with Gasteiger partial charge in [-0.2, -0.15) is 0 Å². The summed E-state index contributed by atoms with van der Waals surface area (Å²) in [7, 11) is 0. The number of carbonyl (C=O) groups excluding carboxylic acids is 1. The number of rotatable bonds is 4. The van der Waals surface area contributed by atoms with Crippen LogP contribution < -0.4 is 15.2 Å². The highest BCUT2D eigenvalue weighted by atomic mass is 16.5. The summed E-state index contributed by atoms with van der Waals surface area (Å²) in [6, 6.07) is 9.49. The Morgan fingerprint density at radius 3 is 2.48 bits per heavy atom. The van der Waals surface area contributed by atoms with E-state index in [2.05, 4.69) is 33.8 Å². The summed E-state index contributed by atoms with van der Waals surface area (Å²) in [5.41, 5.74) is 10.8. The molecule has 0 bridgehead atoms. The number of ether oxygens (including phenoxy) is 2. The molecular formula is C24H28N2O3. The third-order valence-corrected chi connectivity index (χ3v) is 5.42. The summed E-state index contributed by atoms with van der Waals surface area (Å²) >= 11 is 0. The number of benzene rings is 2. The van der Waals surface area contributed by atoms with Crippen LogP contribution in [0.5, 0.6) is 11.5 Å². The fourth-order valence-corrected chi connectivity index (χ4v) is 4.33. The average molecular weight is 392 g/mol. The summed E-state index contributed by atoms with van der Waals surface area (Å²) in [4.78, 5) is 16.6. The average Bonchev–Trinajstić information content (AvgIpc) is 2.96. The van der Waals surface area contributed by atoms with Gasteiger partial charge < -0.3 is 15.2 Å². The number of carbonyl (C=O) groups is 1. The second kappa shape index (κ2) is 6.61. The molecule has 2 N–H and O–H groups in total. The lowest BCUT2D eigenvalue weighted by Gasteiger charge is -2.31. The Kier molecular flexibility index (Phi) is 4.45. The maximum absolute atomic E-state index is 11.5. The lowest BCUT2D eigenvalue weighted by molar-refractivity contribution is 0.1000. The Morgan fingerprint density at radius 1 is 1.17 bits per heavy atom. The van der Waals surface area contributed by atoms with Gasteiger partial charge in [-0.15, -0.1) is 0 Å². The monoisotopic (exact) mass is 392 g/mol. The summed E-state index contributed by atoms with van der Waals surface area (Å²) in [6.07, 6.45) is 1.63. The van der Waals surface area contributed by atoms with E-state index in [1.54, 1.807) is 12.1 Å². The summed E-state index contributed by atoms with van der Waals surface area (Å²) in [5, 5.41) is 0. The van der Waals surface area contributed by atoms with E-state index in [1.807, 2.05) is 19.1 Å². The molecule has 0 aromatic heterocycles. The molecule has 2 aromatic carbocycles. The van der Waals surface area contributed by atoms with Gasteiger partial charge >= 0.3 is 0 Å². The Hall–Kier alpha value is -2.82. The molecule has 0 aliphatic carbocycles. The van der Waals surface area contributed by atoms with Gasteiger partial charge in [0.2, 0.25) is 5.91 Å². The predicted molar refractivity (Wildman–Crippen MR) is 114 cm³/mol. The van der Waals surface area contributed by atoms with Crippen LogP contribution in [-0.4, -0.2) is 29.4 Å². The maximum Gasteiger partial charge on any atom is 0.248 e. The van der Waals surface area contributed by atoms with E-state index in [9.17, 15) is 4.79 Å². The van der Waals surface area contributed by atoms with Gasteiger partial charge in [-0.3, -0.25) is 9.79 Å². The fourth-order valence-electron chi connectivity index (χ4n) is 4.33. The smallest absolute Gasteiger partial charge is 0.248 e. The molecule has 0 spiro atoms. The number of nitrogens with two attached hydrogens (primary N) is 1. The van der Waals surface area contributed by atoms with Crippen molar-refractivity contribution >= 4 is 11.6 Å². The molecule has 2 aliphatic rings. The van der Waals surface area contributed by atoms with E-state index in [0.29, 0.717) is 12.2 Å². The van der Waals surface area contributed by atoms with E-state index >= 15 is 0 Å². The molecule has 0 radical (unpaired) electrons. The lowest BCUT2D eigenvalue weighted by atomic mass is 9.81. The van der Waals surface area contributed by atoms with E-state index in [0.717, 1.165) is 46.7 Å². The van der Waals surface area contributed by atoms with Crippen molar-refractivity contribution in [1.82, 2.24) is 0 Å². The van der Waals surface area contributed by atoms with Crippen LogP contribution in [0.25, 0.3) is 0 Å². The molecule has 0 atom stereocenters. The molecule has 1 amide bonds. The minimum Gasteiger partial charge on any atom is -0.490 e. The Balaban J connectivity index is 1.93. The second-order valence-corrected chi connectivity index (χ2v) is 9.08. The van der Waals surface area contributed by atoms with Gasteiger partial charge in [-0.25, -0.2) is 0 Å². The predicted octanol–water partition coefficient (Wildman–Crippen LogP) is 4.07. The van der Waals surface area contributed by atoms with Crippen molar-refractivity contribution in [2.45, 2.75) is 58.6 Å². The second-order valence-electron chi connectivity index (χ2n) is 9.08. The van der Waals surface area contributed by atoms with Gasteiger partial charge in [0.25, 0.3) is 0 Å². The van der Waals surface area contributed by atoms with E-state index < -0.39 is 5.91 Å². The first-order chi connectivity index (χ1) is 13.6. The first-order valence-electron chi connectivity index (χ1n) is 10.1. The first kappa shape index (κ1) is 19.5. The molecule has 2 aliphatic heterocycles. The van der Waals surface area contributed by atoms with Crippen molar-refractivity contribution in [3.63, 3.8) is 0 Å². The van der Waals surface area contributed by atoms with Crippen LogP contribution in [0.1, 0.15) is 67.2 Å². The number of fused-ring (bicyclic) bond motifs is 3. The maximum atomic E-state index is 11.5. The highest BCUT2D eigenvalue weighted by molar-refractivity contribution is 6.16. The summed E-state index contributed by atoms with van der Waals surface area (Å²) < 4.78 is 12.2. The number of nitrogens with zero attached hydrogens (tertiary/aromatic N) is 1. The van der Waals surface area contributed by atoms with Crippen molar-refractivity contribution in [3.05, 3.63) is 58.1 Å². The molecule has 29 heavy (non-hydrogen) atoms. The minimum atomic E-state index is -0.430. The number of aliphatic imine (C=N–C) groups is 1.